The van der Waals surface area contributed by atoms with Crippen molar-refractivity contribution in [1.82, 2.24) is 10.6 Å². The van der Waals surface area contributed by atoms with E-state index in [1.807, 2.05) is 0 Å². The number of carboxylic acid groups (broad SMARTS) is 1. The molecule has 1 aromatic heterocycles. The zero-order valence-electron chi connectivity index (χ0n) is 10.8. The van der Waals surface area contributed by atoms with Gasteiger partial charge >= 0.3 is 12.0 Å². The number of hydrogen-bond acceptors (Lipinski definition) is 4. The van der Waals surface area contributed by atoms with Crippen molar-refractivity contribution in [2.75, 3.05) is 18.6 Å². The topological polar surface area (TPSA) is 91.6 Å². The van der Waals surface area contributed by atoms with E-state index >= 15 is 0 Å². The Bertz CT molecular complexity index is 420. The first kappa shape index (κ1) is 15.4. The molecule has 3 N–H and O–H groups in total. The smallest absolute Gasteiger partial charge is 0.371 e. The molecule has 0 radical (unpaired) electrons. The van der Waals surface area contributed by atoms with Gasteiger partial charge in [-0.3, -0.25) is 0 Å². The number of carboxylic acids is 1. The van der Waals surface area contributed by atoms with Crippen molar-refractivity contribution in [3.63, 3.8) is 0 Å². The maximum Gasteiger partial charge on any atom is 0.371 e. The Morgan fingerprint density at radius 2 is 2.11 bits per heavy atom. The number of hydrogen-bond donors (Lipinski definition) is 3. The monoisotopic (exact) mass is 286 g/mol. The van der Waals surface area contributed by atoms with E-state index in [1.165, 1.54) is 12.1 Å². The molecule has 0 aliphatic carbocycles. The first-order valence-corrected chi connectivity index (χ1v) is 7.35. The van der Waals surface area contributed by atoms with Gasteiger partial charge in [-0.25, -0.2) is 9.59 Å². The summed E-state index contributed by atoms with van der Waals surface area (Å²) < 4.78 is 5.01. The number of unbranched alkanes of at least 4 members (excludes halogenated alkanes) is 1. The zero-order chi connectivity index (χ0) is 14.1. The minimum Gasteiger partial charge on any atom is -0.475 e. The molecule has 1 rings (SSSR count). The first-order chi connectivity index (χ1) is 9.13. The number of amides is 2. The Labute approximate surface area is 115 Å². The van der Waals surface area contributed by atoms with Crippen LogP contribution >= 0.6 is 11.8 Å². The second-order valence-electron chi connectivity index (χ2n) is 3.88. The van der Waals surface area contributed by atoms with Gasteiger partial charge in [0.15, 0.2) is 0 Å². The lowest BCUT2D eigenvalue weighted by atomic mass is 10.3. The molecular formula is C12H18N2O4S. The molecule has 1 heterocycles. The van der Waals surface area contributed by atoms with Gasteiger partial charge in [-0.1, -0.05) is 0 Å². The summed E-state index contributed by atoms with van der Waals surface area (Å²) in [5, 5.41) is 14.0. The Kier molecular flexibility index (Phi) is 6.88. The molecule has 19 heavy (non-hydrogen) atoms. The summed E-state index contributed by atoms with van der Waals surface area (Å²) in [5.41, 5.74) is 0. The van der Waals surface area contributed by atoms with E-state index in [0.29, 0.717) is 12.3 Å². The maximum absolute atomic E-state index is 11.4. The largest absolute Gasteiger partial charge is 0.475 e. The van der Waals surface area contributed by atoms with Gasteiger partial charge in [0.1, 0.15) is 5.76 Å². The van der Waals surface area contributed by atoms with Crippen LogP contribution in [-0.4, -0.2) is 35.7 Å². The summed E-state index contributed by atoms with van der Waals surface area (Å²) in [7, 11) is 0. The SMILES string of the molecule is CSCCCCNC(=O)NCc1ccc(C(=O)O)o1. The highest BCUT2D eigenvalue weighted by Gasteiger charge is 2.09. The second kappa shape index (κ2) is 8.47. The Balaban J connectivity index is 2.17. The quantitative estimate of drug-likeness (QED) is 0.635. The van der Waals surface area contributed by atoms with Gasteiger partial charge in [-0.15, -0.1) is 0 Å². The van der Waals surface area contributed by atoms with Crippen LogP contribution in [0.3, 0.4) is 0 Å². The van der Waals surface area contributed by atoms with Crippen LogP contribution in [-0.2, 0) is 6.54 Å². The highest BCUT2D eigenvalue weighted by Crippen LogP contribution is 2.07. The van der Waals surface area contributed by atoms with Gasteiger partial charge < -0.3 is 20.2 Å². The van der Waals surface area contributed by atoms with Crippen LogP contribution in [0.25, 0.3) is 0 Å². The fraction of sp³-hybridized carbons (Fsp3) is 0.500. The van der Waals surface area contributed by atoms with Crippen LogP contribution in [0.5, 0.6) is 0 Å². The normalized spacial score (nSPS) is 10.2. The summed E-state index contributed by atoms with van der Waals surface area (Å²) in [6, 6.07) is 2.61. The summed E-state index contributed by atoms with van der Waals surface area (Å²) >= 11 is 1.78. The Hall–Kier alpha value is -1.63. The van der Waals surface area contributed by atoms with Gasteiger partial charge in [0.2, 0.25) is 5.76 Å². The molecule has 6 nitrogen and oxygen atoms in total. The minimum absolute atomic E-state index is 0.130. The van der Waals surface area contributed by atoms with Crippen LogP contribution in [0.4, 0.5) is 4.79 Å². The van der Waals surface area contributed by atoms with Crippen molar-refractivity contribution in [3.05, 3.63) is 23.7 Å². The van der Waals surface area contributed by atoms with Crippen molar-refractivity contribution in [2.24, 2.45) is 0 Å². The van der Waals surface area contributed by atoms with Crippen LogP contribution < -0.4 is 10.6 Å². The van der Waals surface area contributed by atoms with Crippen molar-refractivity contribution in [3.8, 4) is 0 Å². The number of nitrogens with one attached hydrogen (secondary N) is 2. The van der Waals surface area contributed by atoms with Crippen LogP contribution in [0, 0.1) is 0 Å². The molecule has 2 amide bonds. The van der Waals surface area contributed by atoms with Crippen molar-refractivity contribution in [2.45, 2.75) is 19.4 Å². The molecule has 0 bridgehead atoms. The molecule has 0 aliphatic heterocycles. The fourth-order valence-corrected chi connectivity index (χ4v) is 1.88. The zero-order valence-corrected chi connectivity index (χ0v) is 11.6. The lowest BCUT2D eigenvalue weighted by molar-refractivity contribution is 0.0660. The third kappa shape index (κ3) is 6.19. The second-order valence-corrected chi connectivity index (χ2v) is 4.87. The highest BCUT2D eigenvalue weighted by molar-refractivity contribution is 7.98. The van der Waals surface area contributed by atoms with Gasteiger partial charge in [0.05, 0.1) is 6.54 Å². The molecule has 0 spiro atoms. The van der Waals surface area contributed by atoms with E-state index in [2.05, 4.69) is 16.9 Å². The van der Waals surface area contributed by atoms with Crippen LogP contribution in [0.15, 0.2) is 16.5 Å². The summed E-state index contributed by atoms with van der Waals surface area (Å²) in [6.45, 7) is 0.800. The number of carbonyl (C=O) groups excluding carboxylic acids is 1. The van der Waals surface area contributed by atoms with E-state index in [0.717, 1.165) is 18.6 Å². The highest BCUT2D eigenvalue weighted by atomic mass is 32.2. The summed E-state index contributed by atoms with van der Waals surface area (Å²) in [6.07, 6.45) is 4.06. The predicted molar refractivity (Wildman–Crippen MR) is 73.5 cm³/mol. The minimum atomic E-state index is -1.12. The van der Waals surface area contributed by atoms with E-state index < -0.39 is 5.97 Å². The molecule has 106 valence electrons. The predicted octanol–water partition coefficient (Wildman–Crippen LogP) is 1.92. The first-order valence-electron chi connectivity index (χ1n) is 5.96. The van der Waals surface area contributed by atoms with Gasteiger partial charge in [-0.2, -0.15) is 11.8 Å². The van der Waals surface area contributed by atoms with E-state index in [9.17, 15) is 9.59 Å². The van der Waals surface area contributed by atoms with Gasteiger partial charge in [0.25, 0.3) is 0 Å². The van der Waals surface area contributed by atoms with Crippen molar-refractivity contribution in [1.29, 1.82) is 0 Å². The number of aromatic carboxylic acids is 1. The number of carbonyl (C=O) groups is 2. The average molecular weight is 286 g/mol. The molecule has 0 aliphatic rings. The van der Waals surface area contributed by atoms with E-state index in [4.69, 9.17) is 9.52 Å². The van der Waals surface area contributed by atoms with E-state index in [-0.39, 0.29) is 18.3 Å². The molecule has 7 heteroatoms. The molecule has 0 saturated heterocycles. The van der Waals surface area contributed by atoms with Crippen LogP contribution in [0.2, 0.25) is 0 Å². The van der Waals surface area contributed by atoms with Crippen molar-refractivity contribution < 1.29 is 19.1 Å². The standard InChI is InChI=1S/C12H18N2O4S/c1-19-7-3-2-6-13-12(17)14-8-9-4-5-10(18-9)11(15)16/h4-5H,2-3,6-8H2,1H3,(H,15,16)(H2,13,14,17). The van der Waals surface area contributed by atoms with Gasteiger partial charge in [0, 0.05) is 6.54 Å². The lowest BCUT2D eigenvalue weighted by Gasteiger charge is -2.05. The lowest BCUT2D eigenvalue weighted by Crippen LogP contribution is -2.35. The summed E-state index contributed by atoms with van der Waals surface area (Å²) in [4.78, 5) is 22.0. The molecule has 0 atom stereocenters. The number of urea groups is 1. The Morgan fingerprint density at radius 3 is 2.74 bits per heavy atom. The molecule has 1 aromatic rings. The number of thioether (sulfide) groups is 1. The van der Waals surface area contributed by atoms with Gasteiger partial charge in [-0.05, 0) is 37.0 Å². The average Bonchev–Trinajstić information content (AvgIpc) is 2.85. The summed E-state index contributed by atoms with van der Waals surface area (Å²) in [5.74, 6) is 0.252. The third-order valence-corrected chi connectivity index (χ3v) is 3.05. The third-order valence-electron chi connectivity index (χ3n) is 2.36. The Morgan fingerprint density at radius 1 is 1.32 bits per heavy atom. The van der Waals surface area contributed by atoms with Crippen molar-refractivity contribution >= 4 is 23.8 Å². The maximum atomic E-state index is 11.4. The molecule has 0 fully saturated rings. The number of rotatable bonds is 8. The molecule has 0 unspecified atom stereocenters. The van der Waals surface area contributed by atoms with E-state index in [1.54, 1.807) is 11.8 Å². The van der Waals surface area contributed by atoms with Crippen LogP contribution in [0.1, 0.15) is 29.2 Å². The fourth-order valence-electron chi connectivity index (χ4n) is 1.39. The molecule has 0 aromatic carbocycles. The number of furan rings is 1. The molecule has 0 saturated carbocycles. The molecular weight excluding hydrogens is 268 g/mol.